The number of hydrogen-bond donors (Lipinski definition) is 3. The van der Waals surface area contributed by atoms with E-state index in [2.05, 4.69) is 10.3 Å². The van der Waals surface area contributed by atoms with Gasteiger partial charge in [0.05, 0.1) is 17.6 Å². The zero-order valence-electron chi connectivity index (χ0n) is 14.3. The smallest absolute Gasteiger partial charge is 0.196 e. The average molecular weight is 432 g/mol. The monoisotopic (exact) mass is 430 g/mol. The topological polar surface area (TPSA) is 112 Å². The van der Waals surface area contributed by atoms with Crippen molar-refractivity contribution in [3.8, 4) is 11.3 Å². The summed E-state index contributed by atoms with van der Waals surface area (Å²) in [6.45, 7) is 2.16. The number of carbonyl (C=O) groups excluding carboxylic acids is 1. The second kappa shape index (κ2) is 9.34. The standard InChI is InChI=1S/C17H18N6O.3ClH/c18-4-7-21-12-1-2-13-15-14(12)17(24)10-3-6-20-9-11(10)16(15)22-23(13)8-5-19;;;/h1-3,6,9,21H,4-5,7-8,18-19H2;3*1H. The van der Waals surface area contributed by atoms with Gasteiger partial charge in [-0.3, -0.25) is 14.5 Å². The van der Waals surface area contributed by atoms with Gasteiger partial charge in [0.15, 0.2) is 5.78 Å². The van der Waals surface area contributed by atoms with Crippen LogP contribution in [-0.2, 0) is 6.54 Å². The molecule has 27 heavy (non-hydrogen) atoms. The molecule has 4 rings (SSSR count). The number of rotatable bonds is 5. The molecular formula is C17H21Cl3N6O. The van der Waals surface area contributed by atoms with Crippen molar-refractivity contribution in [2.45, 2.75) is 6.54 Å². The summed E-state index contributed by atoms with van der Waals surface area (Å²) in [5.41, 5.74) is 15.8. The Morgan fingerprint density at radius 1 is 1.04 bits per heavy atom. The SMILES string of the molecule is Cl.Cl.Cl.NCCNc1ccc2c3c(nn2CCN)-c2cnccc2C(=O)c13. The van der Waals surface area contributed by atoms with Crippen LogP contribution in [0.2, 0.25) is 0 Å². The van der Waals surface area contributed by atoms with Gasteiger partial charge in [0.25, 0.3) is 0 Å². The Hall–Kier alpha value is -1.90. The Bertz CT molecular complexity index is 959. The molecule has 1 aliphatic carbocycles. The number of nitrogens with two attached hydrogens (primary N) is 2. The molecule has 0 radical (unpaired) electrons. The maximum atomic E-state index is 13.1. The van der Waals surface area contributed by atoms with E-state index in [1.165, 1.54) is 0 Å². The van der Waals surface area contributed by atoms with E-state index in [0.717, 1.165) is 27.8 Å². The van der Waals surface area contributed by atoms with Gasteiger partial charge in [-0.15, -0.1) is 37.2 Å². The lowest BCUT2D eigenvalue weighted by Gasteiger charge is -2.18. The number of fused-ring (bicyclic) bond motifs is 2. The number of hydrogen-bond acceptors (Lipinski definition) is 6. The third-order valence-electron chi connectivity index (χ3n) is 4.27. The van der Waals surface area contributed by atoms with Crippen molar-refractivity contribution in [2.75, 3.05) is 25.0 Å². The number of carbonyl (C=O) groups is 1. The van der Waals surface area contributed by atoms with Gasteiger partial charge < -0.3 is 16.8 Å². The Morgan fingerprint density at radius 3 is 2.52 bits per heavy atom. The summed E-state index contributed by atoms with van der Waals surface area (Å²) >= 11 is 0. The quantitative estimate of drug-likeness (QED) is 0.447. The van der Waals surface area contributed by atoms with Gasteiger partial charge in [0.2, 0.25) is 0 Å². The third-order valence-corrected chi connectivity index (χ3v) is 4.27. The maximum Gasteiger partial charge on any atom is 0.196 e. The summed E-state index contributed by atoms with van der Waals surface area (Å²) in [5, 5.41) is 8.80. The fraction of sp³-hybridized carbons (Fsp3) is 0.235. The molecule has 1 aliphatic rings. The van der Waals surface area contributed by atoms with Crippen LogP contribution < -0.4 is 16.8 Å². The van der Waals surface area contributed by atoms with E-state index in [1.54, 1.807) is 18.5 Å². The normalized spacial score (nSPS) is 11.1. The molecule has 1 aromatic carbocycles. The van der Waals surface area contributed by atoms with Crippen LogP contribution in [-0.4, -0.2) is 40.2 Å². The molecule has 0 saturated carbocycles. The number of pyridine rings is 1. The number of aromatic nitrogens is 3. The molecule has 10 heteroatoms. The van der Waals surface area contributed by atoms with Crippen LogP contribution in [0.5, 0.6) is 0 Å². The molecule has 0 atom stereocenters. The number of ketones is 1. The highest BCUT2D eigenvalue weighted by atomic mass is 35.5. The Labute approximate surface area is 175 Å². The molecule has 0 bridgehead atoms. The molecule has 0 unspecified atom stereocenters. The minimum absolute atomic E-state index is 0. The summed E-state index contributed by atoms with van der Waals surface area (Å²) in [6.07, 6.45) is 3.33. The van der Waals surface area contributed by atoms with Gasteiger partial charge in [-0.2, -0.15) is 5.10 Å². The minimum Gasteiger partial charge on any atom is -0.383 e. The molecule has 0 aliphatic heterocycles. The van der Waals surface area contributed by atoms with E-state index in [4.69, 9.17) is 16.6 Å². The van der Waals surface area contributed by atoms with Crippen molar-refractivity contribution in [1.82, 2.24) is 14.8 Å². The van der Waals surface area contributed by atoms with Gasteiger partial charge >= 0.3 is 0 Å². The van der Waals surface area contributed by atoms with Gasteiger partial charge in [0.1, 0.15) is 5.69 Å². The molecule has 7 nitrogen and oxygen atoms in total. The predicted molar refractivity (Wildman–Crippen MR) is 115 cm³/mol. The summed E-state index contributed by atoms with van der Waals surface area (Å²) < 4.78 is 1.86. The molecule has 0 spiro atoms. The molecule has 146 valence electrons. The average Bonchev–Trinajstić information content (AvgIpc) is 2.97. The first-order valence-electron chi connectivity index (χ1n) is 7.93. The fourth-order valence-corrected chi connectivity index (χ4v) is 3.26. The van der Waals surface area contributed by atoms with Crippen LogP contribution in [0, 0.1) is 0 Å². The highest BCUT2D eigenvalue weighted by molar-refractivity contribution is 6.27. The second-order valence-corrected chi connectivity index (χ2v) is 5.71. The van der Waals surface area contributed by atoms with E-state index in [9.17, 15) is 4.79 Å². The largest absolute Gasteiger partial charge is 0.383 e. The van der Waals surface area contributed by atoms with E-state index in [0.29, 0.717) is 37.3 Å². The van der Waals surface area contributed by atoms with Gasteiger partial charge in [0, 0.05) is 54.2 Å². The third kappa shape index (κ3) is 3.61. The van der Waals surface area contributed by atoms with Crippen LogP contribution >= 0.6 is 37.2 Å². The summed E-state index contributed by atoms with van der Waals surface area (Å²) in [7, 11) is 0. The number of nitrogens with zero attached hydrogens (tertiary/aromatic N) is 3. The van der Waals surface area contributed by atoms with Gasteiger partial charge in [-0.25, -0.2) is 0 Å². The number of benzene rings is 1. The summed E-state index contributed by atoms with van der Waals surface area (Å²) in [4.78, 5) is 17.2. The zero-order valence-corrected chi connectivity index (χ0v) is 16.8. The van der Waals surface area contributed by atoms with Crippen molar-refractivity contribution in [3.63, 3.8) is 0 Å². The molecular weight excluding hydrogens is 411 g/mol. The van der Waals surface area contributed by atoms with Gasteiger partial charge in [-0.05, 0) is 18.2 Å². The zero-order chi connectivity index (χ0) is 16.7. The highest BCUT2D eigenvalue weighted by Crippen LogP contribution is 2.41. The molecule has 0 fully saturated rings. The van der Waals surface area contributed by atoms with E-state index in [-0.39, 0.29) is 43.0 Å². The molecule has 2 aromatic heterocycles. The predicted octanol–water partition coefficient (Wildman–Crippen LogP) is 2.24. The van der Waals surface area contributed by atoms with Crippen LogP contribution in [0.15, 0.2) is 30.6 Å². The summed E-state index contributed by atoms with van der Waals surface area (Å²) in [5.74, 6) is -0.0164. The van der Waals surface area contributed by atoms with Gasteiger partial charge in [-0.1, -0.05) is 0 Å². The van der Waals surface area contributed by atoms with E-state index < -0.39 is 0 Å². The van der Waals surface area contributed by atoms with Crippen LogP contribution in [0.4, 0.5) is 5.69 Å². The highest BCUT2D eigenvalue weighted by Gasteiger charge is 2.31. The lowest BCUT2D eigenvalue weighted by atomic mass is 9.87. The number of anilines is 1. The van der Waals surface area contributed by atoms with E-state index in [1.807, 2.05) is 16.8 Å². The maximum absolute atomic E-state index is 13.1. The molecule has 2 heterocycles. The molecule has 3 aromatic rings. The van der Waals surface area contributed by atoms with E-state index >= 15 is 0 Å². The van der Waals surface area contributed by atoms with Crippen molar-refractivity contribution in [1.29, 1.82) is 0 Å². The van der Waals surface area contributed by atoms with Crippen LogP contribution in [0.1, 0.15) is 15.9 Å². The van der Waals surface area contributed by atoms with Crippen LogP contribution in [0.25, 0.3) is 22.2 Å². The molecule has 0 saturated heterocycles. The molecule has 5 N–H and O–H groups in total. The Kier molecular flexibility index (Phi) is 8.01. The van der Waals surface area contributed by atoms with Crippen molar-refractivity contribution in [2.24, 2.45) is 11.5 Å². The second-order valence-electron chi connectivity index (χ2n) is 5.71. The first kappa shape index (κ1) is 23.1. The lowest BCUT2D eigenvalue weighted by Crippen LogP contribution is -2.17. The van der Waals surface area contributed by atoms with Crippen molar-refractivity contribution < 1.29 is 4.79 Å². The first-order valence-corrected chi connectivity index (χ1v) is 7.93. The Morgan fingerprint density at radius 2 is 1.81 bits per heavy atom. The molecule has 0 amide bonds. The Balaban J connectivity index is 0.00000121. The van der Waals surface area contributed by atoms with Crippen molar-refractivity contribution in [3.05, 3.63) is 41.7 Å². The van der Waals surface area contributed by atoms with Crippen LogP contribution in [0.3, 0.4) is 0 Å². The number of halogens is 3. The fourth-order valence-electron chi connectivity index (χ4n) is 3.26. The van der Waals surface area contributed by atoms with Crippen molar-refractivity contribution >= 4 is 59.6 Å². The number of nitrogens with one attached hydrogen (secondary N) is 1. The minimum atomic E-state index is -0.0164. The first-order chi connectivity index (χ1) is 11.8. The lowest BCUT2D eigenvalue weighted by molar-refractivity contribution is 0.104. The summed E-state index contributed by atoms with van der Waals surface area (Å²) in [6, 6.07) is 5.63.